The Hall–Kier alpha value is -4.39. The van der Waals surface area contributed by atoms with Crippen LogP contribution >= 0.6 is 0 Å². The molecule has 19 heteroatoms. The first-order valence-electron chi connectivity index (χ1n) is 8.10. The number of nitrogens with one attached hydrogen (secondary N) is 6. The Bertz CT molecular complexity index is 714. The van der Waals surface area contributed by atoms with E-state index >= 15 is 0 Å². The van der Waals surface area contributed by atoms with E-state index in [-0.39, 0.29) is 0 Å². The maximum absolute atomic E-state index is 11.7. The molecule has 19 nitrogen and oxygen atoms in total. The third-order valence-electron chi connectivity index (χ3n) is 3.44. The molecule has 2 unspecified atom stereocenters. The van der Waals surface area contributed by atoms with Crippen molar-refractivity contribution in [3.63, 3.8) is 0 Å². The highest BCUT2D eigenvalue weighted by Gasteiger charge is 2.40. The molecule has 0 aromatic heterocycles. The highest BCUT2D eigenvalue weighted by molar-refractivity contribution is 6.05. The van der Waals surface area contributed by atoms with E-state index in [1.165, 1.54) is 0 Å². The first kappa shape index (κ1) is 24.6. The molecule has 2 heterocycles. The second-order valence-corrected chi connectivity index (χ2v) is 5.50. The maximum atomic E-state index is 11.7. The first-order valence-corrected chi connectivity index (χ1v) is 8.10. The minimum absolute atomic E-state index is 0.458. The Balaban J connectivity index is 0.00000110. The molecule has 0 aromatic rings. The first-order chi connectivity index (χ1) is 14.5. The smallest absolute Gasteiger partial charge is 0.328 e. The second-order valence-electron chi connectivity index (χ2n) is 5.50. The molecule has 0 spiro atoms. The van der Waals surface area contributed by atoms with Gasteiger partial charge in [-0.25, -0.2) is 24.0 Å². The SMILES string of the molecule is NC(N)=O.O=C(NCNC(=O)NC1C(=O)NC(=O)N1CO)NC1C(=O)NC(=O)N1CO. The number of hydrogen-bond donors (Lipinski definition) is 10. The number of urea groups is 5. The number of aliphatic hydroxyl groups excluding tert-OH is 2. The van der Waals surface area contributed by atoms with Gasteiger partial charge in [-0.3, -0.25) is 30.0 Å². The van der Waals surface area contributed by atoms with Crippen LogP contribution in [0.25, 0.3) is 0 Å². The van der Waals surface area contributed by atoms with Crippen LogP contribution in [0.1, 0.15) is 0 Å². The van der Waals surface area contributed by atoms with E-state index < -0.39 is 74.4 Å². The summed E-state index contributed by atoms with van der Waals surface area (Å²) in [6, 6.07) is -4.50. The molecule has 2 fully saturated rings. The Kier molecular flexibility index (Phi) is 8.72. The molecule has 12 amide bonds. The van der Waals surface area contributed by atoms with Gasteiger partial charge in [-0.15, -0.1) is 0 Å². The number of carbonyl (C=O) groups is 7. The van der Waals surface area contributed by atoms with Crippen LogP contribution in [0.2, 0.25) is 0 Å². The third kappa shape index (κ3) is 6.86. The zero-order valence-electron chi connectivity index (χ0n) is 15.6. The van der Waals surface area contributed by atoms with Gasteiger partial charge in [0.15, 0.2) is 12.3 Å². The van der Waals surface area contributed by atoms with Gasteiger partial charge in [0.05, 0.1) is 6.67 Å². The van der Waals surface area contributed by atoms with Crippen LogP contribution in [-0.4, -0.2) is 94.4 Å². The summed E-state index contributed by atoms with van der Waals surface area (Å²) in [5, 5.41) is 30.2. The minimum Gasteiger partial charge on any atom is -0.376 e. The number of aliphatic hydroxyl groups is 2. The summed E-state index contributed by atoms with van der Waals surface area (Å²) < 4.78 is 0. The van der Waals surface area contributed by atoms with Crippen molar-refractivity contribution in [2.75, 3.05) is 20.1 Å². The fraction of sp³-hybridized carbons (Fsp3) is 0.417. The van der Waals surface area contributed by atoms with Gasteiger partial charge in [0, 0.05) is 0 Å². The summed E-state index contributed by atoms with van der Waals surface area (Å²) in [6.45, 7) is -2.08. The van der Waals surface area contributed by atoms with Crippen molar-refractivity contribution < 1.29 is 43.8 Å². The van der Waals surface area contributed by atoms with Crippen LogP contribution in [0.4, 0.5) is 24.0 Å². The van der Waals surface area contributed by atoms with Gasteiger partial charge in [-0.05, 0) is 0 Å². The minimum atomic E-state index is -1.43. The van der Waals surface area contributed by atoms with Crippen LogP contribution in [-0.2, 0) is 9.59 Å². The Morgan fingerprint density at radius 1 is 0.806 bits per heavy atom. The molecule has 0 aromatic carbocycles. The van der Waals surface area contributed by atoms with E-state index in [9.17, 15) is 28.8 Å². The van der Waals surface area contributed by atoms with E-state index in [2.05, 4.69) is 32.7 Å². The lowest BCUT2D eigenvalue weighted by molar-refractivity contribution is -0.123. The molecule has 0 saturated carbocycles. The number of primary amides is 2. The van der Waals surface area contributed by atoms with Gasteiger partial charge in [0.1, 0.15) is 13.5 Å². The normalized spacial score (nSPS) is 19.7. The predicted molar refractivity (Wildman–Crippen MR) is 94.5 cm³/mol. The van der Waals surface area contributed by atoms with Crippen LogP contribution in [0.15, 0.2) is 0 Å². The van der Waals surface area contributed by atoms with Crippen molar-refractivity contribution in [2.45, 2.75) is 12.3 Å². The standard InChI is InChI=1S/C11H16N8O8.CH4N2O/c20-2-18-4(6(22)16-10(18)26)14-8(24)12-1-13-9(25)15-5-7(23)17-11(27)19(5)3-21;2-1(3)4/h4-5,20-21H,1-3H2,(H2,12,14,24)(H2,13,15,25)(H,16,22,26)(H,17,23,27);(H4,2,3,4). The summed E-state index contributed by atoms with van der Waals surface area (Å²) in [5.41, 5.74) is 8.50. The molecule has 2 aliphatic heterocycles. The van der Waals surface area contributed by atoms with E-state index in [4.69, 9.17) is 15.0 Å². The quantitative estimate of drug-likeness (QED) is 0.136. The Labute approximate surface area is 172 Å². The number of nitrogens with zero attached hydrogens (tertiary/aromatic N) is 2. The second kappa shape index (κ2) is 11.0. The van der Waals surface area contributed by atoms with Gasteiger partial charge in [0.25, 0.3) is 11.8 Å². The summed E-state index contributed by atoms with van der Waals surface area (Å²) >= 11 is 0. The topological polar surface area (TPSA) is 291 Å². The molecule has 2 saturated heterocycles. The average molecular weight is 448 g/mol. The molecule has 2 atom stereocenters. The van der Waals surface area contributed by atoms with Gasteiger partial charge in [-0.2, -0.15) is 0 Å². The summed E-state index contributed by atoms with van der Waals surface area (Å²) in [7, 11) is 0. The largest absolute Gasteiger partial charge is 0.376 e. The molecule has 31 heavy (non-hydrogen) atoms. The molecule has 172 valence electrons. The fourth-order valence-electron chi connectivity index (χ4n) is 2.14. The molecule has 2 rings (SSSR count). The van der Waals surface area contributed by atoms with Crippen molar-refractivity contribution >= 4 is 42.0 Å². The number of amides is 12. The lowest BCUT2D eigenvalue weighted by Crippen LogP contribution is -2.56. The maximum Gasteiger partial charge on any atom is 0.328 e. The Morgan fingerprint density at radius 2 is 1.13 bits per heavy atom. The molecule has 12 N–H and O–H groups in total. The number of imide groups is 2. The van der Waals surface area contributed by atoms with Gasteiger partial charge >= 0.3 is 30.2 Å². The zero-order chi connectivity index (χ0) is 23.7. The van der Waals surface area contributed by atoms with Crippen LogP contribution in [0.3, 0.4) is 0 Å². The van der Waals surface area contributed by atoms with Crippen LogP contribution < -0.4 is 43.4 Å². The van der Waals surface area contributed by atoms with Gasteiger partial charge in [-0.1, -0.05) is 0 Å². The van der Waals surface area contributed by atoms with E-state index in [0.717, 1.165) is 0 Å². The van der Waals surface area contributed by atoms with Crippen LogP contribution in [0.5, 0.6) is 0 Å². The number of rotatable bonds is 6. The zero-order valence-corrected chi connectivity index (χ0v) is 15.6. The molecule has 2 aliphatic rings. The van der Waals surface area contributed by atoms with Crippen molar-refractivity contribution in [1.82, 2.24) is 41.7 Å². The van der Waals surface area contributed by atoms with Crippen LogP contribution in [0, 0.1) is 0 Å². The third-order valence-corrected chi connectivity index (χ3v) is 3.44. The highest BCUT2D eigenvalue weighted by atomic mass is 16.3. The molecule has 0 bridgehead atoms. The summed E-state index contributed by atoms with van der Waals surface area (Å²) in [4.78, 5) is 79.2. The lowest BCUT2D eigenvalue weighted by Gasteiger charge is -2.21. The van der Waals surface area contributed by atoms with E-state index in [1.807, 2.05) is 10.6 Å². The Morgan fingerprint density at radius 3 is 1.42 bits per heavy atom. The predicted octanol–water partition coefficient (Wildman–Crippen LogP) is -5.78. The summed E-state index contributed by atoms with van der Waals surface area (Å²) in [5.74, 6) is -1.70. The van der Waals surface area contributed by atoms with Gasteiger partial charge in [0.2, 0.25) is 0 Å². The average Bonchev–Trinajstić information content (AvgIpc) is 3.08. The van der Waals surface area contributed by atoms with Crippen molar-refractivity contribution in [1.29, 1.82) is 0 Å². The molecule has 0 radical (unpaired) electrons. The monoisotopic (exact) mass is 448 g/mol. The molecular weight excluding hydrogens is 428 g/mol. The van der Waals surface area contributed by atoms with Gasteiger partial charge < -0.3 is 42.9 Å². The van der Waals surface area contributed by atoms with Crippen molar-refractivity contribution in [3.8, 4) is 0 Å². The number of nitrogens with two attached hydrogens (primary N) is 2. The van der Waals surface area contributed by atoms with Crippen molar-refractivity contribution in [3.05, 3.63) is 0 Å². The fourth-order valence-corrected chi connectivity index (χ4v) is 2.14. The number of hydrogen-bond acceptors (Lipinski definition) is 9. The summed E-state index contributed by atoms with van der Waals surface area (Å²) in [6.07, 6.45) is -2.86. The van der Waals surface area contributed by atoms with E-state index in [0.29, 0.717) is 9.80 Å². The van der Waals surface area contributed by atoms with E-state index in [1.54, 1.807) is 0 Å². The highest BCUT2D eigenvalue weighted by Crippen LogP contribution is 2.05. The lowest BCUT2D eigenvalue weighted by atomic mass is 10.4. The van der Waals surface area contributed by atoms with Crippen molar-refractivity contribution in [2.24, 2.45) is 11.5 Å². The molecule has 0 aliphatic carbocycles. The number of carbonyl (C=O) groups excluding carboxylic acids is 7. The molecular formula is C12H20N10O9.